The zero-order valence-corrected chi connectivity index (χ0v) is 48.9. The van der Waals surface area contributed by atoms with Crippen LogP contribution in [0.25, 0.3) is 0 Å². The molecule has 36 heteroatoms. The van der Waals surface area contributed by atoms with Crippen LogP contribution in [-0.4, -0.2) is 368 Å². The van der Waals surface area contributed by atoms with Gasteiger partial charge in [0.2, 0.25) is 0 Å². The van der Waals surface area contributed by atoms with E-state index < -0.39 is 261 Å². The quantitative estimate of drug-likeness (QED) is 0.0439. The smallest absolute Gasteiger partial charge is 0.187 e. The van der Waals surface area contributed by atoms with Crippen molar-refractivity contribution in [2.24, 2.45) is 0 Å². The summed E-state index contributed by atoms with van der Waals surface area (Å²) < 4.78 is 87.5. The number of rotatable bonds is 25. The molecule has 36 nitrogen and oxygen atoms in total. The fourth-order valence-corrected chi connectivity index (χ4v) is 11.6. The van der Waals surface area contributed by atoms with E-state index in [1.807, 2.05) is 0 Å². The highest BCUT2D eigenvalue weighted by Gasteiger charge is 2.58. The van der Waals surface area contributed by atoms with Crippen LogP contribution in [0.5, 0.6) is 0 Å². The van der Waals surface area contributed by atoms with Crippen LogP contribution >= 0.6 is 0 Å². The van der Waals surface area contributed by atoms with Gasteiger partial charge in [-0.3, -0.25) is 0 Å². The highest BCUT2D eigenvalue weighted by molar-refractivity contribution is 5.15. The lowest BCUT2D eigenvalue weighted by Crippen LogP contribution is -2.68. The van der Waals surface area contributed by atoms with Crippen molar-refractivity contribution >= 4 is 0 Å². The van der Waals surface area contributed by atoms with Crippen LogP contribution in [0.3, 0.4) is 0 Å². The average molecular weight is 1330 g/mol. The van der Waals surface area contributed by atoms with Gasteiger partial charge in [0, 0.05) is 0 Å². The summed E-state index contributed by atoms with van der Waals surface area (Å²) in [4.78, 5) is 0. The normalized spacial score (nSPS) is 47.1. The van der Waals surface area contributed by atoms with E-state index in [4.69, 9.17) is 71.1 Å². The predicted molar refractivity (Wildman–Crippen MR) is 290 cm³/mol. The van der Waals surface area contributed by atoms with Gasteiger partial charge in [0.05, 0.1) is 59.5 Å². The van der Waals surface area contributed by atoms with E-state index in [2.05, 4.69) is 0 Å². The largest absolute Gasteiger partial charge is 0.394 e. The molecule has 2 aromatic carbocycles. The molecule has 0 radical (unpaired) electrons. The maximum absolute atomic E-state index is 12.2. The van der Waals surface area contributed by atoms with Gasteiger partial charge in [-0.25, -0.2) is 0 Å². The predicted octanol–water partition coefficient (Wildman–Crippen LogP) is -11.8. The number of aliphatic hydroxyl groups is 21. The van der Waals surface area contributed by atoms with Gasteiger partial charge in [-0.2, -0.15) is 0 Å². The molecule has 0 spiro atoms. The molecule has 0 saturated carbocycles. The number of hydrogen-bond donors (Lipinski definition) is 21. The Labute approximate surface area is 523 Å². The van der Waals surface area contributed by atoms with E-state index in [1.165, 1.54) is 0 Å². The first-order valence-electron chi connectivity index (χ1n) is 29.7. The van der Waals surface area contributed by atoms with Crippen molar-refractivity contribution < 1.29 is 178 Å². The van der Waals surface area contributed by atoms with Crippen LogP contribution in [0.4, 0.5) is 0 Å². The third-order valence-electron chi connectivity index (χ3n) is 17.0. The zero-order chi connectivity index (χ0) is 66.4. The van der Waals surface area contributed by atoms with E-state index in [0.717, 1.165) is 0 Å². The Bertz CT molecular complexity index is 2480. The summed E-state index contributed by atoms with van der Waals surface area (Å²) in [7, 11) is 0. The molecule has 7 saturated heterocycles. The monoisotopic (exact) mass is 1330 g/mol. The molecule has 0 aromatic heterocycles. The first kappa shape index (κ1) is 73.3. The van der Waals surface area contributed by atoms with Gasteiger partial charge in [0.1, 0.15) is 171 Å². The molecule has 524 valence electrons. The summed E-state index contributed by atoms with van der Waals surface area (Å²) in [6.45, 7) is -6.81. The Balaban J connectivity index is 0.988. The second kappa shape index (κ2) is 33.0. The Morgan fingerprint density at radius 3 is 0.902 bits per heavy atom. The Morgan fingerprint density at radius 1 is 0.239 bits per heavy atom. The lowest BCUT2D eigenvalue weighted by molar-refractivity contribution is -0.399. The lowest BCUT2D eigenvalue weighted by Gasteiger charge is -2.50. The second-order valence-electron chi connectivity index (χ2n) is 23.2. The van der Waals surface area contributed by atoms with Crippen molar-refractivity contribution in [3.05, 3.63) is 71.8 Å². The molecule has 92 heavy (non-hydrogen) atoms. The molecule has 7 aliphatic rings. The van der Waals surface area contributed by atoms with Gasteiger partial charge in [0.15, 0.2) is 44.0 Å². The van der Waals surface area contributed by atoms with E-state index in [9.17, 15) is 107 Å². The Kier molecular flexibility index (Phi) is 26.3. The first-order chi connectivity index (χ1) is 44.0. The molecule has 0 amide bonds. The number of hydrogen-bond acceptors (Lipinski definition) is 36. The van der Waals surface area contributed by atoms with Gasteiger partial charge in [-0.15, -0.1) is 0 Å². The van der Waals surface area contributed by atoms with Crippen LogP contribution < -0.4 is 0 Å². The van der Waals surface area contributed by atoms with Crippen molar-refractivity contribution in [2.75, 3.05) is 46.2 Å². The molecule has 2 aromatic rings. The first-order valence-corrected chi connectivity index (χ1v) is 29.7. The third kappa shape index (κ3) is 16.2. The summed E-state index contributed by atoms with van der Waals surface area (Å²) in [6, 6.07) is 17.1. The molecule has 7 heterocycles. The van der Waals surface area contributed by atoms with Gasteiger partial charge in [0.25, 0.3) is 0 Å². The van der Waals surface area contributed by atoms with Gasteiger partial charge < -0.3 is 178 Å². The summed E-state index contributed by atoms with van der Waals surface area (Å²) in [5.41, 5.74) is 1.22. The minimum Gasteiger partial charge on any atom is -0.394 e. The summed E-state index contributed by atoms with van der Waals surface area (Å²) in [5.74, 6) is 0. The average Bonchev–Trinajstić information content (AvgIpc) is 0.815. The minimum atomic E-state index is -2.39. The summed E-state index contributed by atoms with van der Waals surface area (Å²) in [6.07, 6.45) is -68.3. The van der Waals surface area contributed by atoms with Crippen LogP contribution in [0, 0.1) is 0 Å². The van der Waals surface area contributed by atoms with E-state index >= 15 is 0 Å². The van der Waals surface area contributed by atoms with Gasteiger partial charge in [-0.05, 0) is 11.1 Å². The SMILES string of the molecule is OC[C@H]1O[C@@H](OC[C@H]2O[C@@H](O[C@@H]3[C@@H](O)[C@H](O[C@@H]4[C@@H](O)[C@H](O[C@@H]5[C@@H](O)[C@H](OCc6ccccc6)O[C@H](CO)[C@H]5O)O[C@H](CO[C@@H]5O[C@H](CO)[C@@H](O)[C@H](O)[C@H]5OCc5ccccc5)[C@H]4O)O[C@H](CO)[C@H]3O)[C@H](O)[C@@H](O[C@@H]3O[C@H](CO)[C@@H](O)[C@H](O)[C@H]3O)[C@@H]2O)[C@H](O)[C@@H](O)[C@@H]1O. The van der Waals surface area contributed by atoms with Crippen LogP contribution in [0.15, 0.2) is 60.7 Å². The second-order valence-corrected chi connectivity index (χ2v) is 23.2. The van der Waals surface area contributed by atoms with Crippen molar-refractivity contribution in [3.8, 4) is 0 Å². The van der Waals surface area contributed by atoms with Crippen molar-refractivity contribution in [1.82, 2.24) is 0 Å². The molecular weight excluding hydrogens is 1250 g/mol. The Morgan fingerprint density at radius 2 is 0.511 bits per heavy atom. The molecule has 21 N–H and O–H groups in total. The van der Waals surface area contributed by atoms with Crippen LogP contribution in [0.2, 0.25) is 0 Å². The maximum atomic E-state index is 12.2. The standard InChI is InChI=1S/C56H84O36/c57-11-22-29(62)36(69)39(72)50(82-22)80-18-27-34(67)47(89-52-40(73)37(70)30(63)23(12-58)84-52)43(76)55(87-27)91-46-33(66)26(15-61)85-53(42(46)75)92-48-35(68)28(19-81-56-49(38(71)31(64)24(13-59)86-56)78-16-20-7-3-1-4-8-20)88-54(44(48)77)90-45-32(65)25(14-60)83-51(41(45)74)79-17-21-9-5-2-6-10-21/h1-10,22-77H,11-19H2/t22-,23-,24-,25-,26-,27-,28-,29-,30-,31-,32-,33-,34-,35-,36+,37+,38+,39-,40-,41-,42-,43-,44-,45+,46+,47+,48+,49-,50-,51-,52+,53+,54+,55+,56-/m1/s1. The third-order valence-corrected chi connectivity index (χ3v) is 17.0. The molecule has 0 bridgehead atoms. The molecule has 0 unspecified atom stereocenters. The van der Waals surface area contributed by atoms with Crippen LogP contribution in [0.1, 0.15) is 11.1 Å². The van der Waals surface area contributed by atoms with E-state index in [1.54, 1.807) is 60.7 Å². The van der Waals surface area contributed by atoms with Crippen molar-refractivity contribution in [1.29, 1.82) is 0 Å². The van der Waals surface area contributed by atoms with Crippen molar-refractivity contribution in [3.63, 3.8) is 0 Å². The maximum Gasteiger partial charge on any atom is 0.187 e. The molecule has 7 aliphatic heterocycles. The highest BCUT2D eigenvalue weighted by Crippen LogP contribution is 2.38. The molecule has 7 fully saturated rings. The Hall–Kier alpha value is -3.00. The van der Waals surface area contributed by atoms with E-state index in [0.29, 0.717) is 11.1 Å². The zero-order valence-electron chi connectivity index (χ0n) is 48.9. The number of benzene rings is 2. The molecule has 9 rings (SSSR count). The minimum absolute atomic E-state index is 0.168. The summed E-state index contributed by atoms with van der Waals surface area (Å²) >= 11 is 0. The molecule has 0 aliphatic carbocycles. The van der Waals surface area contributed by atoms with Gasteiger partial charge >= 0.3 is 0 Å². The topological polar surface area (TPSA) is 563 Å². The molecule has 35 atom stereocenters. The van der Waals surface area contributed by atoms with E-state index in [-0.39, 0.29) is 13.2 Å². The fourth-order valence-electron chi connectivity index (χ4n) is 11.6. The molecular formula is C56H84O36. The van der Waals surface area contributed by atoms with Crippen molar-refractivity contribution in [2.45, 2.75) is 228 Å². The summed E-state index contributed by atoms with van der Waals surface area (Å²) in [5, 5.41) is 231. The number of aliphatic hydroxyl groups excluding tert-OH is 21. The van der Waals surface area contributed by atoms with Crippen LogP contribution in [-0.2, 0) is 84.3 Å². The highest BCUT2D eigenvalue weighted by atomic mass is 16.8. The fraction of sp³-hybridized carbons (Fsp3) is 0.786. The van der Waals surface area contributed by atoms with Gasteiger partial charge in [-0.1, -0.05) is 60.7 Å². The number of ether oxygens (including phenoxy) is 15. The lowest BCUT2D eigenvalue weighted by atomic mass is 9.95.